The standard InChI is InChI=1S/C9H7N.C7H9NS/c1-2-6-9-8(4-1)5-3-7-10-9;1-3-4-8-6-9-5-7(8)2/h1-7H;1,5H,4,6H2,2H3. The van der Waals surface area contributed by atoms with Crippen molar-refractivity contribution in [2.24, 2.45) is 0 Å². The summed E-state index contributed by atoms with van der Waals surface area (Å²) in [5, 5.41) is 3.34. The third kappa shape index (κ3) is 3.77. The van der Waals surface area contributed by atoms with Crippen molar-refractivity contribution in [2.45, 2.75) is 6.92 Å². The lowest BCUT2D eigenvalue weighted by Gasteiger charge is -2.14. The molecule has 0 radical (unpaired) electrons. The summed E-state index contributed by atoms with van der Waals surface area (Å²) in [4.78, 5) is 6.35. The highest BCUT2D eigenvalue weighted by Crippen LogP contribution is 2.21. The largest absolute Gasteiger partial charge is 0.354 e. The SMILES string of the molecule is C#CCN1CSC=C1C.c1ccc2ncccc2c1. The number of rotatable bonds is 1. The van der Waals surface area contributed by atoms with E-state index in [-0.39, 0.29) is 0 Å². The molecule has 1 aliphatic rings. The predicted molar refractivity (Wildman–Crippen MR) is 83.5 cm³/mol. The second-order valence-corrected chi connectivity index (χ2v) is 4.98. The van der Waals surface area contributed by atoms with Gasteiger partial charge in [0.2, 0.25) is 0 Å². The number of hydrogen-bond acceptors (Lipinski definition) is 3. The number of allylic oxidation sites excluding steroid dienone is 1. The zero-order chi connectivity index (χ0) is 13.5. The normalized spacial score (nSPS) is 13.5. The van der Waals surface area contributed by atoms with Crippen LogP contribution in [0, 0.1) is 12.3 Å². The van der Waals surface area contributed by atoms with Crippen molar-refractivity contribution in [1.82, 2.24) is 9.88 Å². The van der Waals surface area contributed by atoms with E-state index in [9.17, 15) is 0 Å². The molecule has 0 aliphatic carbocycles. The van der Waals surface area contributed by atoms with Gasteiger partial charge in [0.05, 0.1) is 17.9 Å². The first kappa shape index (κ1) is 13.5. The molecule has 1 aromatic carbocycles. The summed E-state index contributed by atoms with van der Waals surface area (Å²) in [6.07, 6.45) is 6.95. The molecule has 0 atom stereocenters. The molecule has 0 saturated heterocycles. The van der Waals surface area contributed by atoms with E-state index < -0.39 is 0 Å². The van der Waals surface area contributed by atoms with E-state index in [0.29, 0.717) is 0 Å². The number of pyridine rings is 1. The van der Waals surface area contributed by atoms with Gasteiger partial charge in [-0.2, -0.15) is 0 Å². The Labute approximate surface area is 118 Å². The van der Waals surface area contributed by atoms with Crippen molar-refractivity contribution in [2.75, 3.05) is 12.4 Å². The number of hydrogen-bond donors (Lipinski definition) is 0. The summed E-state index contributed by atoms with van der Waals surface area (Å²) in [7, 11) is 0. The average molecular weight is 268 g/mol. The van der Waals surface area contributed by atoms with Crippen LogP contribution in [0.4, 0.5) is 0 Å². The van der Waals surface area contributed by atoms with Gasteiger partial charge >= 0.3 is 0 Å². The summed E-state index contributed by atoms with van der Waals surface area (Å²) < 4.78 is 0. The van der Waals surface area contributed by atoms with Crippen LogP contribution in [-0.2, 0) is 0 Å². The van der Waals surface area contributed by atoms with Gasteiger partial charge < -0.3 is 4.90 Å². The number of benzene rings is 1. The Morgan fingerprint density at radius 1 is 1.32 bits per heavy atom. The Hall–Kier alpha value is -1.92. The van der Waals surface area contributed by atoms with Gasteiger partial charge in [0.1, 0.15) is 0 Å². The summed E-state index contributed by atoms with van der Waals surface area (Å²) in [5.74, 6) is 3.64. The van der Waals surface area contributed by atoms with E-state index in [2.05, 4.69) is 40.3 Å². The molecule has 0 N–H and O–H groups in total. The van der Waals surface area contributed by atoms with Crippen molar-refractivity contribution in [3.63, 3.8) is 0 Å². The van der Waals surface area contributed by atoms with Gasteiger partial charge in [0, 0.05) is 17.3 Å². The van der Waals surface area contributed by atoms with Crippen LogP contribution in [0.5, 0.6) is 0 Å². The maximum atomic E-state index is 5.14. The molecule has 0 unspecified atom stereocenters. The number of aromatic nitrogens is 1. The second kappa shape index (κ2) is 6.86. The van der Waals surface area contributed by atoms with Gasteiger partial charge in [0.25, 0.3) is 0 Å². The molecule has 2 heterocycles. The molecule has 2 aromatic rings. The van der Waals surface area contributed by atoms with E-state index in [1.807, 2.05) is 30.5 Å². The van der Waals surface area contributed by atoms with Crippen LogP contribution in [0.1, 0.15) is 6.92 Å². The van der Waals surface area contributed by atoms with E-state index in [1.165, 1.54) is 11.1 Å². The monoisotopic (exact) mass is 268 g/mol. The molecule has 0 fully saturated rings. The Morgan fingerprint density at radius 3 is 2.79 bits per heavy atom. The Morgan fingerprint density at radius 2 is 2.11 bits per heavy atom. The minimum absolute atomic E-state index is 0.745. The fourth-order valence-corrected chi connectivity index (χ4v) is 2.66. The van der Waals surface area contributed by atoms with Gasteiger partial charge in [-0.15, -0.1) is 18.2 Å². The molecular weight excluding hydrogens is 252 g/mol. The summed E-state index contributed by atoms with van der Waals surface area (Å²) in [6.45, 7) is 2.83. The minimum atomic E-state index is 0.745. The van der Waals surface area contributed by atoms with Crippen molar-refractivity contribution >= 4 is 22.7 Å². The topological polar surface area (TPSA) is 16.1 Å². The van der Waals surface area contributed by atoms with Gasteiger partial charge in [-0.05, 0) is 24.5 Å². The molecule has 96 valence electrons. The van der Waals surface area contributed by atoms with Gasteiger partial charge in [-0.25, -0.2) is 0 Å². The lowest BCUT2D eigenvalue weighted by molar-refractivity contribution is 0.464. The number of fused-ring (bicyclic) bond motifs is 1. The molecule has 1 aromatic heterocycles. The van der Waals surface area contributed by atoms with E-state index in [0.717, 1.165) is 17.9 Å². The van der Waals surface area contributed by atoms with Crippen molar-refractivity contribution in [1.29, 1.82) is 0 Å². The number of terminal acetylenes is 1. The molecule has 2 nitrogen and oxygen atoms in total. The van der Waals surface area contributed by atoms with Gasteiger partial charge in [-0.1, -0.05) is 30.2 Å². The van der Waals surface area contributed by atoms with E-state index in [4.69, 9.17) is 6.42 Å². The van der Waals surface area contributed by atoms with Crippen LogP contribution in [0.25, 0.3) is 10.9 Å². The Kier molecular flexibility index (Phi) is 4.88. The summed E-state index contributed by atoms with van der Waals surface area (Å²) in [5.41, 5.74) is 2.35. The third-order valence-electron chi connectivity index (χ3n) is 2.78. The highest BCUT2D eigenvalue weighted by molar-refractivity contribution is 8.02. The van der Waals surface area contributed by atoms with Crippen LogP contribution < -0.4 is 0 Å². The molecule has 0 saturated carbocycles. The van der Waals surface area contributed by atoms with Crippen molar-refractivity contribution in [3.05, 3.63) is 53.7 Å². The van der Waals surface area contributed by atoms with E-state index >= 15 is 0 Å². The second-order valence-electron chi connectivity index (χ2n) is 4.15. The first-order valence-corrected chi connectivity index (χ1v) is 7.12. The molecule has 0 spiro atoms. The third-order valence-corrected chi connectivity index (χ3v) is 3.75. The molecule has 1 aliphatic heterocycles. The van der Waals surface area contributed by atoms with Crippen LogP contribution in [0.2, 0.25) is 0 Å². The van der Waals surface area contributed by atoms with Crippen molar-refractivity contribution < 1.29 is 0 Å². The Bertz CT molecular complexity index is 548. The molecule has 3 heteroatoms. The van der Waals surface area contributed by atoms with Gasteiger partial charge in [-0.3, -0.25) is 4.98 Å². The Balaban J connectivity index is 0.000000141. The van der Waals surface area contributed by atoms with Crippen molar-refractivity contribution in [3.8, 4) is 12.3 Å². The molecule has 0 bridgehead atoms. The maximum absolute atomic E-state index is 5.14. The smallest absolute Gasteiger partial charge is 0.0797 e. The lowest BCUT2D eigenvalue weighted by atomic mass is 10.2. The summed E-state index contributed by atoms with van der Waals surface area (Å²) >= 11 is 1.80. The zero-order valence-electron chi connectivity index (χ0n) is 10.9. The molecule has 0 amide bonds. The zero-order valence-corrected chi connectivity index (χ0v) is 11.7. The fourth-order valence-electron chi connectivity index (χ4n) is 1.72. The number of thioether (sulfide) groups is 1. The minimum Gasteiger partial charge on any atom is -0.354 e. The average Bonchev–Trinajstić information content (AvgIpc) is 2.86. The fraction of sp³-hybridized carbons (Fsp3) is 0.188. The highest BCUT2D eigenvalue weighted by atomic mass is 32.2. The van der Waals surface area contributed by atoms with Crippen LogP contribution >= 0.6 is 11.8 Å². The van der Waals surface area contributed by atoms with Crippen LogP contribution in [-0.4, -0.2) is 22.3 Å². The maximum Gasteiger partial charge on any atom is 0.0797 e. The van der Waals surface area contributed by atoms with Crippen LogP contribution in [0.15, 0.2) is 53.7 Å². The first-order valence-electron chi connectivity index (χ1n) is 6.08. The molecule has 19 heavy (non-hydrogen) atoms. The predicted octanol–water partition coefficient (Wildman–Crippen LogP) is 3.72. The summed E-state index contributed by atoms with van der Waals surface area (Å²) in [6, 6.07) is 12.1. The van der Waals surface area contributed by atoms with Crippen LogP contribution in [0.3, 0.4) is 0 Å². The van der Waals surface area contributed by atoms with Gasteiger partial charge in [0.15, 0.2) is 0 Å². The first-order chi connectivity index (χ1) is 9.31. The highest BCUT2D eigenvalue weighted by Gasteiger charge is 2.08. The molecular formula is C16H16N2S. The quantitative estimate of drug-likeness (QED) is 0.733. The molecule has 3 rings (SSSR count). The number of nitrogens with zero attached hydrogens (tertiary/aromatic N) is 2. The van der Waals surface area contributed by atoms with E-state index in [1.54, 1.807) is 11.8 Å². The number of para-hydroxylation sites is 1. The lowest BCUT2D eigenvalue weighted by Crippen LogP contribution is -2.17.